The Hall–Kier alpha value is -1.01. The second kappa shape index (κ2) is 5.77. The Morgan fingerprint density at radius 1 is 1.47 bits per heavy atom. The van der Waals surface area contributed by atoms with Gasteiger partial charge in [0, 0.05) is 12.1 Å². The zero-order valence-corrected chi connectivity index (χ0v) is 10.1. The van der Waals surface area contributed by atoms with E-state index < -0.39 is 0 Å². The van der Waals surface area contributed by atoms with Gasteiger partial charge in [0.05, 0.1) is 0 Å². The molecule has 6 heteroatoms. The number of hydrogen-bond acceptors (Lipinski definition) is 6. The maximum atomic E-state index is 5.33. The first-order valence-corrected chi connectivity index (χ1v) is 6.08. The third-order valence-electron chi connectivity index (χ3n) is 2.04. The van der Waals surface area contributed by atoms with Crippen molar-refractivity contribution in [3.05, 3.63) is 6.07 Å². The fourth-order valence-corrected chi connectivity index (χ4v) is 1.40. The standard InChI is InChI=1S/C9H17N5S/c1-4-6(2)11-7-5-8(14-10)13-9(12-7)15-3/h5-6H,4,10H2,1-3H3,(H2,11,12,13,14). The minimum absolute atomic E-state index is 0.389. The fourth-order valence-electron chi connectivity index (χ4n) is 1.02. The molecule has 0 aliphatic carbocycles. The van der Waals surface area contributed by atoms with E-state index in [1.807, 2.05) is 6.26 Å². The summed E-state index contributed by atoms with van der Waals surface area (Å²) in [6, 6.07) is 2.19. The highest BCUT2D eigenvalue weighted by Gasteiger charge is 2.05. The summed E-state index contributed by atoms with van der Waals surface area (Å²) >= 11 is 1.49. The summed E-state index contributed by atoms with van der Waals surface area (Å²) in [4.78, 5) is 8.51. The van der Waals surface area contributed by atoms with E-state index in [1.54, 1.807) is 6.07 Å². The second-order valence-corrected chi connectivity index (χ2v) is 4.00. The molecule has 0 aliphatic rings. The van der Waals surface area contributed by atoms with Crippen LogP contribution in [-0.2, 0) is 0 Å². The van der Waals surface area contributed by atoms with Crippen molar-refractivity contribution in [3.63, 3.8) is 0 Å². The number of nitrogens with two attached hydrogens (primary N) is 1. The van der Waals surface area contributed by atoms with E-state index in [4.69, 9.17) is 5.84 Å². The highest BCUT2D eigenvalue weighted by molar-refractivity contribution is 7.98. The smallest absolute Gasteiger partial charge is 0.191 e. The van der Waals surface area contributed by atoms with Crippen molar-refractivity contribution in [1.29, 1.82) is 0 Å². The minimum Gasteiger partial charge on any atom is -0.367 e. The van der Waals surface area contributed by atoms with Gasteiger partial charge in [-0.05, 0) is 19.6 Å². The van der Waals surface area contributed by atoms with E-state index in [1.165, 1.54) is 11.8 Å². The van der Waals surface area contributed by atoms with Crippen LogP contribution in [-0.4, -0.2) is 22.3 Å². The van der Waals surface area contributed by atoms with Gasteiger partial charge in [-0.3, -0.25) is 0 Å². The molecular weight excluding hydrogens is 210 g/mol. The summed E-state index contributed by atoms with van der Waals surface area (Å²) < 4.78 is 0. The Balaban J connectivity index is 2.86. The van der Waals surface area contributed by atoms with Crippen LogP contribution in [0.5, 0.6) is 0 Å². The van der Waals surface area contributed by atoms with E-state index >= 15 is 0 Å². The SMILES string of the molecule is CCC(C)Nc1cc(NN)nc(SC)n1. The van der Waals surface area contributed by atoms with Gasteiger partial charge >= 0.3 is 0 Å². The lowest BCUT2D eigenvalue weighted by atomic mass is 10.2. The van der Waals surface area contributed by atoms with Gasteiger partial charge in [-0.15, -0.1) is 0 Å². The Labute approximate surface area is 94.2 Å². The van der Waals surface area contributed by atoms with E-state index in [0.717, 1.165) is 12.2 Å². The molecule has 0 aromatic carbocycles. The molecule has 0 radical (unpaired) electrons. The Bertz CT molecular complexity index is 295. The number of hydrogen-bond donors (Lipinski definition) is 3. The summed E-state index contributed by atoms with van der Waals surface area (Å²) in [5.41, 5.74) is 2.53. The first-order chi connectivity index (χ1) is 7.19. The molecule has 5 nitrogen and oxygen atoms in total. The van der Waals surface area contributed by atoms with Gasteiger partial charge in [0.25, 0.3) is 0 Å². The third-order valence-corrected chi connectivity index (χ3v) is 2.59. The quantitative estimate of drug-likeness (QED) is 0.307. The lowest BCUT2D eigenvalue weighted by Crippen LogP contribution is -2.16. The molecule has 0 amide bonds. The van der Waals surface area contributed by atoms with Crippen LogP contribution in [0.2, 0.25) is 0 Å². The molecule has 0 saturated heterocycles. The van der Waals surface area contributed by atoms with Crippen LogP contribution >= 0.6 is 11.8 Å². The lowest BCUT2D eigenvalue weighted by molar-refractivity contribution is 0.754. The second-order valence-electron chi connectivity index (χ2n) is 3.22. The van der Waals surface area contributed by atoms with Gasteiger partial charge in [0.15, 0.2) is 5.16 Å². The van der Waals surface area contributed by atoms with Crippen molar-refractivity contribution in [1.82, 2.24) is 9.97 Å². The summed E-state index contributed by atoms with van der Waals surface area (Å²) in [6.45, 7) is 4.23. The highest BCUT2D eigenvalue weighted by Crippen LogP contribution is 2.17. The van der Waals surface area contributed by atoms with E-state index in [9.17, 15) is 0 Å². The molecule has 1 atom stereocenters. The molecule has 0 saturated carbocycles. The van der Waals surface area contributed by atoms with Crippen LogP contribution in [0.15, 0.2) is 11.2 Å². The highest BCUT2D eigenvalue weighted by atomic mass is 32.2. The molecular formula is C9H17N5S. The van der Waals surface area contributed by atoms with Gasteiger partial charge in [-0.2, -0.15) is 0 Å². The maximum Gasteiger partial charge on any atom is 0.191 e. The number of anilines is 2. The van der Waals surface area contributed by atoms with Crippen LogP contribution in [0, 0.1) is 0 Å². The summed E-state index contributed by atoms with van der Waals surface area (Å²) in [5, 5.41) is 3.99. The normalized spacial score (nSPS) is 12.3. The first-order valence-electron chi connectivity index (χ1n) is 4.85. The molecule has 1 rings (SSSR count). The largest absolute Gasteiger partial charge is 0.367 e. The Morgan fingerprint density at radius 3 is 2.67 bits per heavy atom. The molecule has 0 fully saturated rings. The Kier molecular flexibility index (Phi) is 4.64. The predicted octanol–water partition coefficient (Wildman–Crippen LogP) is 1.69. The number of nitrogens with one attached hydrogen (secondary N) is 2. The van der Waals surface area contributed by atoms with E-state index in [0.29, 0.717) is 17.0 Å². The average Bonchev–Trinajstić information content (AvgIpc) is 2.28. The number of thioether (sulfide) groups is 1. The van der Waals surface area contributed by atoms with Crippen LogP contribution in [0.25, 0.3) is 0 Å². The van der Waals surface area contributed by atoms with E-state index in [-0.39, 0.29) is 0 Å². The van der Waals surface area contributed by atoms with Gasteiger partial charge in [0.2, 0.25) is 0 Å². The monoisotopic (exact) mass is 227 g/mol. The maximum absolute atomic E-state index is 5.33. The molecule has 1 aromatic rings. The first kappa shape index (κ1) is 12.1. The fraction of sp³-hybridized carbons (Fsp3) is 0.556. The van der Waals surface area contributed by atoms with E-state index in [2.05, 4.69) is 34.6 Å². The molecule has 0 bridgehead atoms. The van der Waals surface area contributed by atoms with Crippen molar-refractivity contribution in [2.24, 2.45) is 5.84 Å². The van der Waals surface area contributed by atoms with Gasteiger partial charge in [0.1, 0.15) is 11.6 Å². The molecule has 0 aliphatic heterocycles. The lowest BCUT2D eigenvalue weighted by Gasteiger charge is -2.13. The van der Waals surface area contributed by atoms with Crippen LogP contribution in [0.1, 0.15) is 20.3 Å². The minimum atomic E-state index is 0.389. The van der Waals surface area contributed by atoms with Crippen LogP contribution in [0.4, 0.5) is 11.6 Å². The summed E-state index contributed by atoms with van der Waals surface area (Å²) in [7, 11) is 0. The summed E-state index contributed by atoms with van der Waals surface area (Å²) in [5.74, 6) is 6.76. The zero-order valence-electron chi connectivity index (χ0n) is 9.24. The van der Waals surface area contributed by atoms with Gasteiger partial charge in [-0.1, -0.05) is 18.7 Å². The number of rotatable bonds is 5. The zero-order chi connectivity index (χ0) is 11.3. The van der Waals surface area contributed by atoms with Crippen molar-refractivity contribution < 1.29 is 0 Å². The topological polar surface area (TPSA) is 75.9 Å². The van der Waals surface area contributed by atoms with Crippen LogP contribution in [0.3, 0.4) is 0 Å². The molecule has 0 spiro atoms. The molecule has 1 heterocycles. The van der Waals surface area contributed by atoms with Crippen molar-refractivity contribution in [2.45, 2.75) is 31.5 Å². The van der Waals surface area contributed by atoms with Gasteiger partial charge in [-0.25, -0.2) is 15.8 Å². The molecule has 1 unspecified atom stereocenters. The predicted molar refractivity (Wildman–Crippen MR) is 65.0 cm³/mol. The number of nitrogens with zero attached hydrogens (tertiary/aromatic N) is 2. The molecule has 84 valence electrons. The number of hydrazine groups is 1. The number of aromatic nitrogens is 2. The van der Waals surface area contributed by atoms with Crippen molar-refractivity contribution in [2.75, 3.05) is 17.0 Å². The van der Waals surface area contributed by atoms with Crippen LogP contribution < -0.4 is 16.6 Å². The Morgan fingerprint density at radius 2 is 2.13 bits per heavy atom. The van der Waals surface area contributed by atoms with Gasteiger partial charge < -0.3 is 10.7 Å². The third kappa shape index (κ3) is 3.56. The molecule has 1 aromatic heterocycles. The molecule has 15 heavy (non-hydrogen) atoms. The number of nitrogen functional groups attached to an aromatic ring is 1. The summed E-state index contributed by atoms with van der Waals surface area (Å²) in [6.07, 6.45) is 2.98. The van der Waals surface area contributed by atoms with Crippen molar-refractivity contribution >= 4 is 23.4 Å². The molecule has 4 N–H and O–H groups in total. The average molecular weight is 227 g/mol. The van der Waals surface area contributed by atoms with Crippen molar-refractivity contribution in [3.8, 4) is 0 Å².